The normalized spacial score (nSPS) is 10.0. The molecule has 0 saturated carbocycles. The quantitative estimate of drug-likeness (QED) is 0.786. The van der Waals surface area contributed by atoms with E-state index in [0.717, 1.165) is 0 Å². The standard InChI is InChI=1S/C10H13NO4/c1-3-9(12)11-5-7-4-8(10(13)14)6(2)15-7/h4H,3,5H2,1-2H3,(H,11,12)(H,13,14). The number of carboxylic acid groups (broad SMARTS) is 1. The smallest absolute Gasteiger partial charge is 0.339 e. The molecule has 1 rings (SSSR count). The largest absolute Gasteiger partial charge is 0.478 e. The maximum atomic E-state index is 10.9. The lowest BCUT2D eigenvalue weighted by atomic mass is 10.2. The molecule has 1 amide bonds. The lowest BCUT2D eigenvalue weighted by Gasteiger charge is -1.98. The Balaban J connectivity index is 2.67. The van der Waals surface area contributed by atoms with Crippen molar-refractivity contribution in [1.82, 2.24) is 5.32 Å². The van der Waals surface area contributed by atoms with Crippen molar-refractivity contribution in [2.75, 3.05) is 0 Å². The van der Waals surface area contributed by atoms with Crippen molar-refractivity contribution in [3.63, 3.8) is 0 Å². The zero-order valence-corrected chi connectivity index (χ0v) is 8.66. The summed E-state index contributed by atoms with van der Waals surface area (Å²) >= 11 is 0. The minimum absolute atomic E-state index is 0.0964. The average molecular weight is 211 g/mol. The van der Waals surface area contributed by atoms with Gasteiger partial charge in [0.1, 0.15) is 17.1 Å². The molecule has 0 aromatic carbocycles. The van der Waals surface area contributed by atoms with Crippen LogP contribution in [0.5, 0.6) is 0 Å². The Morgan fingerprint density at radius 3 is 2.67 bits per heavy atom. The first-order valence-electron chi connectivity index (χ1n) is 4.64. The number of aryl methyl sites for hydroxylation is 1. The first kappa shape index (κ1) is 11.3. The van der Waals surface area contributed by atoms with Crippen molar-refractivity contribution in [3.8, 4) is 0 Å². The molecule has 82 valence electrons. The number of nitrogens with one attached hydrogen (secondary N) is 1. The summed E-state index contributed by atoms with van der Waals surface area (Å²) in [6.45, 7) is 3.54. The summed E-state index contributed by atoms with van der Waals surface area (Å²) in [6.07, 6.45) is 0.394. The number of hydrogen-bond acceptors (Lipinski definition) is 3. The minimum atomic E-state index is -1.02. The first-order chi connectivity index (χ1) is 7.04. The van der Waals surface area contributed by atoms with Crippen molar-refractivity contribution < 1.29 is 19.1 Å². The Bertz CT molecular complexity index is 381. The van der Waals surface area contributed by atoms with E-state index in [1.165, 1.54) is 6.07 Å². The molecule has 5 nitrogen and oxygen atoms in total. The van der Waals surface area contributed by atoms with E-state index < -0.39 is 5.97 Å². The number of carbonyl (C=O) groups excluding carboxylic acids is 1. The molecule has 0 radical (unpaired) electrons. The lowest BCUT2D eigenvalue weighted by Crippen LogP contribution is -2.21. The highest BCUT2D eigenvalue weighted by molar-refractivity contribution is 5.88. The highest BCUT2D eigenvalue weighted by Gasteiger charge is 2.13. The van der Waals surface area contributed by atoms with E-state index in [-0.39, 0.29) is 18.0 Å². The summed E-state index contributed by atoms with van der Waals surface area (Å²) in [5.74, 6) is -0.319. The predicted molar refractivity (Wildman–Crippen MR) is 52.5 cm³/mol. The van der Waals surface area contributed by atoms with Crippen molar-refractivity contribution in [1.29, 1.82) is 0 Å². The Morgan fingerprint density at radius 1 is 1.53 bits per heavy atom. The van der Waals surface area contributed by atoms with Gasteiger partial charge >= 0.3 is 5.97 Å². The lowest BCUT2D eigenvalue weighted by molar-refractivity contribution is -0.121. The van der Waals surface area contributed by atoms with Crippen LogP contribution in [0.2, 0.25) is 0 Å². The molecule has 5 heteroatoms. The van der Waals surface area contributed by atoms with Gasteiger partial charge in [-0.3, -0.25) is 4.79 Å². The summed E-state index contributed by atoms with van der Waals surface area (Å²) < 4.78 is 5.18. The van der Waals surface area contributed by atoms with Gasteiger partial charge in [0.05, 0.1) is 6.54 Å². The van der Waals surface area contributed by atoms with Crippen molar-refractivity contribution in [2.24, 2.45) is 0 Å². The topological polar surface area (TPSA) is 79.5 Å². The van der Waals surface area contributed by atoms with Gasteiger partial charge < -0.3 is 14.8 Å². The van der Waals surface area contributed by atoms with Gasteiger partial charge in [-0.2, -0.15) is 0 Å². The Morgan fingerprint density at radius 2 is 2.20 bits per heavy atom. The summed E-state index contributed by atoms with van der Waals surface area (Å²) in [7, 11) is 0. The number of amides is 1. The second kappa shape index (κ2) is 4.63. The molecular formula is C10H13NO4. The molecule has 0 spiro atoms. The molecule has 1 heterocycles. The van der Waals surface area contributed by atoms with Gasteiger partial charge in [-0.1, -0.05) is 6.92 Å². The van der Waals surface area contributed by atoms with Crippen LogP contribution in [0.1, 0.15) is 35.2 Å². The maximum Gasteiger partial charge on any atom is 0.339 e. The van der Waals surface area contributed by atoms with E-state index in [0.29, 0.717) is 17.9 Å². The monoisotopic (exact) mass is 211 g/mol. The second-order valence-corrected chi connectivity index (χ2v) is 3.12. The highest BCUT2D eigenvalue weighted by Crippen LogP contribution is 2.14. The predicted octanol–water partition coefficient (Wildman–Crippen LogP) is 1.31. The van der Waals surface area contributed by atoms with Gasteiger partial charge in [0.15, 0.2) is 0 Å². The SMILES string of the molecule is CCC(=O)NCc1cc(C(=O)O)c(C)o1. The van der Waals surface area contributed by atoms with Crippen LogP contribution in [0.4, 0.5) is 0 Å². The van der Waals surface area contributed by atoms with Crippen LogP contribution in [0.25, 0.3) is 0 Å². The van der Waals surface area contributed by atoms with Crippen LogP contribution >= 0.6 is 0 Å². The third-order valence-electron chi connectivity index (χ3n) is 1.98. The van der Waals surface area contributed by atoms with E-state index >= 15 is 0 Å². The van der Waals surface area contributed by atoms with Gasteiger partial charge in [0.25, 0.3) is 0 Å². The Kier molecular flexibility index (Phi) is 3.49. The van der Waals surface area contributed by atoms with Crippen molar-refractivity contribution >= 4 is 11.9 Å². The van der Waals surface area contributed by atoms with Crippen LogP contribution in [0.3, 0.4) is 0 Å². The van der Waals surface area contributed by atoms with Gasteiger partial charge in [0, 0.05) is 6.42 Å². The van der Waals surface area contributed by atoms with E-state index in [4.69, 9.17) is 9.52 Å². The van der Waals surface area contributed by atoms with E-state index in [2.05, 4.69) is 5.32 Å². The van der Waals surface area contributed by atoms with Crippen molar-refractivity contribution in [2.45, 2.75) is 26.8 Å². The molecule has 1 aromatic heterocycles. The number of furan rings is 1. The number of carboxylic acids is 1. The third-order valence-corrected chi connectivity index (χ3v) is 1.98. The van der Waals surface area contributed by atoms with Crippen LogP contribution in [0, 0.1) is 6.92 Å². The molecule has 1 aromatic rings. The molecule has 0 aliphatic heterocycles. The first-order valence-corrected chi connectivity index (χ1v) is 4.64. The van der Waals surface area contributed by atoms with Crippen LogP contribution in [-0.4, -0.2) is 17.0 Å². The van der Waals surface area contributed by atoms with Crippen LogP contribution < -0.4 is 5.32 Å². The second-order valence-electron chi connectivity index (χ2n) is 3.12. The van der Waals surface area contributed by atoms with Gasteiger partial charge in [-0.25, -0.2) is 4.79 Å². The molecule has 0 atom stereocenters. The van der Waals surface area contributed by atoms with Crippen molar-refractivity contribution in [3.05, 3.63) is 23.2 Å². The maximum absolute atomic E-state index is 10.9. The molecule has 0 aliphatic rings. The molecule has 0 bridgehead atoms. The fourth-order valence-corrected chi connectivity index (χ4v) is 1.15. The van der Waals surface area contributed by atoms with E-state index in [9.17, 15) is 9.59 Å². The molecule has 0 fully saturated rings. The molecule has 0 unspecified atom stereocenters. The highest BCUT2D eigenvalue weighted by atomic mass is 16.4. The number of hydrogen-bond donors (Lipinski definition) is 2. The number of aromatic carboxylic acids is 1. The zero-order valence-electron chi connectivity index (χ0n) is 8.66. The third kappa shape index (κ3) is 2.83. The zero-order chi connectivity index (χ0) is 11.4. The van der Waals surface area contributed by atoms with Crippen LogP contribution in [-0.2, 0) is 11.3 Å². The van der Waals surface area contributed by atoms with E-state index in [1.807, 2.05) is 0 Å². The fourth-order valence-electron chi connectivity index (χ4n) is 1.15. The summed E-state index contributed by atoms with van der Waals surface area (Å²) in [6, 6.07) is 1.42. The summed E-state index contributed by atoms with van der Waals surface area (Å²) in [5.41, 5.74) is 0.135. The molecule has 2 N–H and O–H groups in total. The number of rotatable bonds is 4. The molecule has 15 heavy (non-hydrogen) atoms. The molecule has 0 saturated heterocycles. The summed E-state index contributed by atoms with van der Waals surface area (Å²) in [4.78, 5) is 21.6. The van der Waals surface area contributed by atoms with E-state index in [1.54, 1.807) is 13.8 Å². The number of carbonyl (C=O) groups is 2. The molecular weight excluding hydrogens is 198 g/mol. The minimum Gasteiger partial charge on any atom is -0.478 e. The molecule has 0 aliphatic carbocycles. The fraction of sp³-hybridized carbons (Fsp3) is 0.400. The van der Waals surface area contributed by atoms with Gasteiger partial charge in [-0.15, -0.1) is 0 Å². The Hall–Kier alpha value is -1.78. The average Bonchev–Trinajstić information content (AvgIpc) is 2.56. The summed E-state index contributed by atoms with van der Waals surface area (Å²) in [5, 5.41) is 11.4. The Labute approximate surface area is 87.1 Å². The van der Waals surface area contributed by atoms with Crippen LogP contribution in [0.15, 0.2) is 10.5 Å². The van der Waals surface area contributed by atoms with Gasteiger partial charge in [-0.05, 0) is 13.0 Å². The van der Waals surface area contributed by atoms with Gasteiger partial charge in [0.2, 0.25) is 5.91 Å².